The summed E-state index contributed by atoms with van der Waals surface area (Å²) in [4.78, 5) is 4.02. The first kappa shape index (κ1) is 11.5. The van der Waals surface area contributed by atoms with Gasteiger partial charge in [-0.25, -0.2) is 4.98 Å². The fourth-order valence-corrected chi connectivity index (χ4v) is 1.70. The lowest BCUT2D eigenvalue weighted by molar-refractivity contribution is 0.415. The van der Waals surface area contributed by atoms with E-state index in [-0.39, 0.29) is 0 Å². The molecule has 0 radical (unpaired) electrons. The van der Waals surface area contributed by atoms with Crippen molar-refractivity contribution in [1.82, 2.24) is 9.55 Å². The zero-order chi connectivity index (χ0) is 12.1. The van der Waals surface area contributed by atoms with Crippen LogP contribution in [0.25, 0.3) is 6.08 Å². The van der Waals surface area contributed by atoms with E-state index in [1.54, 1.807) is 13.3 Å². The number of nitrogens with zero attached hydrogens (tertiary/aromatic N) is 2. The van der Waals surface area contributed by atoms with Crippen LogP contribution in [0, 0.1) is 0 Å². The van der Waals surface area contributed by atoms with Gasteiger partial charge < -0.3 is 9.30 Å². The van der Waals surface area contributed by atoms with Crippen molar-refractivity contribution in [3.8, 4) is 5.75 Å². The molecular formula is C14H16N2O. The molecule has 3 nitrogen and oxygen atoms in total. The van der Waals surface area contributed by atoms with E-state index in [4.69, 9.17) is 4.74 Å². The van der Waals surface area contributed by atoms with Gasteiger partial charge >= 0.3 is 0 Å². The van der Waals surface area contributed by atoms with Crippen molar-refractivity contribution in [2.24, 2.45) is 0 Å². The molecule has 1 heterocycles. The van der Waals surface area contributed by atoms with Crippen molar-refractivity contribution >= 4 is 6.08 Å². The van der Waals surface area contributed by atoms with E-state index in [1.165, 1.54) is 11.1 Å². The van der Waals surface area contributed by atoms with Crippen LogP contribution in [0.2, 0.25) is 0 Å². The van der Waals surface area contributed by atoms with Gasteiger partial charge in [0, 0.05) is 18.9 Å². The molecule has 0 atom stereocenters. The number of aromatic nitrogens is 2. The number of allylic oxidation sites excluding steroid dienone is 1. The monoisotopic (exact) mass is 228 g/mol. The molecule has 3 heteroatoms. The zero-order valence-electron chi connectivity index (χ0n) is 10.1. The van der Waals surface area contributed by atoms with Gasteiger partial charge in [0.25, 0.3) is 0 Å². The summed E-state index contributed by atoms with van der Waals surface area (Å²) in [5.74, 6) is 0.884. The van der Waals surface area contributed by atoms with Crippen LogP contribution in [0.4, 0.5) is 0 Å². The second-order valence-electron chi connectivity index (χ2n) is 4.00. The van der Waals surface area contributed by atoms with Gasteiger partial charge in [0.2, 0.25) is 0 Å². The first-order valence-corrected chi connectivity index (χ1v) is 5.55. The molecule has 0 aliphatic rings. The Hall–Kier alpha value is -2.03. The first-order valence-electron chi connectivity index (χ1n) is 5.55. The predicted molar refractivity (Wildman–Crippen MR) is 68.9 cm³/mol. The third-order valence-corrected chi connectivity index (χ3v) is 2.52. The number of methoxy groups -OCH3 is 1. The van der Waals surface area contributed by atoms with E-state index < -0.39 is 0 Å². The summed E-state index contributed by atoms with van der Waals surface area (Å²) in [6.07, 6.45) is 7.75. The van der Waals surface area contributed by atoms with Crippen LogP contribution in [0.5, 0.6) is 5.75 Å². The maximum atomic E-state index is 5.13. The second-order valence-corrected chi connectivity index (χ2v) is 4.00. The summed E-state index contributed by atoms with van der Waals surface area (Å²) in [5.41, 5.74) is 2.47. The molecule has 17 heavy (non-hydrogen) atoms. The average Bonchev–Trinajstić information content (AvgIpc) is 2.82. The molecule has 1 aromatic carbocycles. The van der Waals surface area contributed by atoms with E-state index in [0.717, 1.165) is 12.3 Å². The Balaban J connectivity index is 2.07. The van der Waals surface area contributed by atoms with Crippen LogP contribution in [0.3, 0.4) is 0 Å². The maximum Gasteiger partial charge on any atom is 0.118 e. The molecule has 0 aliphatic carbocycles. The molecule has 0 aliphatic heterocycles. The SMILES string of the molecule is COc1ccc(C=C(C)Cn2ccnc2)cc1. The molecule has 0 bridgehead atoms. The lowest BCUT2D eigenvalue weighted by Crippen LogP contribution is -1.95. The van der Waals surface area contributed by atoms with Crippen LogP contribution < -0.4 is 4.74 Å². The topological polar surface area (TPSA) is 27.1 Å². The highest BCUT2D eigenvalue weighted by Gasteiger charge is 1.95. The number of hydrogen-bond acceptors (Lipinski definition) is 2. The number of rotatable bonds is 4. The molecule has 0 saturated carbocycles. The van der Waals surface area contributed by atoms with Crippen LogP contribution in [0.15, 0.2) is 48.6 Å². The molecule has 88 valence electrons. The molecule has 0 spiro atoms. The Morgan fingerprint density at radius 3 is 2.71 bits per heavy atom. The minimum absolute atomic E-state index is 0.867. The minimum Gasteiger partial charge on any atom is -0.497 e. The molecule has 0 unspecified atom stereocenters. The second kappa shape index (κ2) is 5.34. The van der Waals surface area contributed by atoms with E-state index in [2.05, 4.69) is 34.7 Å². The van der Waals surface area contributed by atoms with Crippen LogP contribution in [-0.4, -0.2) is 16.7 Å². The molecule has 1 aromatic heterocycles. The smallest absolute Gasteiger partial charge is 0.118 e. The highest BCUT2D eigenvalue weighted by atomic mass is 16.5. The van der Waals surface area contributed by atoms with Crippen molar-refractivity contribution in [1.29, 1.82) is 0 Å². The average molecular weight is 228 g/mol. The minimum atomic E-state index is 0.867. The van der Waals surface area contributed by atoms with Gasteiger partial charge in [0.1, 0.15) is 5.75 Å². The molecule has 0 fully saturated rings. The maximum absolute atomic E-state index is 5.13. The Kier molecular flexibility index (Phi) is 3.60. The molecule has 0 N–H and O–H groups in total. The molecule has 2 aromatic rings. The van der Waals surface area contributed by atoms with Gasteiger partial charge in [-0.1, -0.05) is 23.8 Å². The van der Waals surface area contributed by atoms with Crippen LogP contribution in [0.1, 0.15) is 12.5 Å². The summed E-state index contributed by atoms with van der Waals surface area (Å²) in [6.45, 7) is 2.98. The summed E-state index contributed by atoms with van der Waals surface area (Å²) in [7, 11) is 1.68. The summed E-state index contributed by atoms with van der Waals surface area (Å²) in [5, 5.41) is 0. The molecular weight excluding hydrogens is 212 g/mol. The number of benzene rings is 1. The third kappa shape index (κ3) is 3.21. The van der Waals surface area contributed by atoms with Gasteiger partial charge in [0.05, 0.1) is 13.4 Å². The summed E-state index contributed by atoms with van der Waals surface area (Å²) in [6, 6.07) is 8.04. The van der Waals surface area contributed by atoms with Crippen molar-refractivity contribution < 1.29 is 4.74 Å². The Labute approximate surface area is 101 Å². The van der Waals surface area contributed by atoms with E-state index in [0.29, 0.717) is 0 Å². The summed E-state index contributed by atoms with van der Waals surface area (Å²) >= 11 is 0. The van der Waals surface area contributed by atoms with Gasteiger partial charge in [-0.05, 0) is 24.6 Å². The van der Waals surface area contributed by atoms with Crippen LogP contribution >= 0.6 is 0 Å². The Morgan fingerprint density at radius 1 is 1.35 bits per heavy atom. The van der Waals surface area contributed by atoms with Crippen molar-refractivity contribution in [3.05, 3.63) is 54.1 Å². The quantitative estimate of drug-likeness (QED) is 0.804. The van der Waals surface area contributed by atoms with Crippen LogP contribution in [-0.2, 0) is 6.54 Å². The Morgan fingerprint density at radius 2 is 2.12 bits per heavy atom. The third-order valence-electron chi connectivity index (χ3n) is 2.52. The van der Waals surface area contributed by atoms with Crippen molar-refractivity contribution in [2.75, 3.05) is 7.11 Å². The number of imidazole rings is 1. The van der Waals surface area contributed by atoms with Gasteiger partial charge in [-0.15, -0.1) is 0 Å². The number of ether oxygens (including phenoxy) is 1. The first-order chi connectivity index (χ1) is 8.28. The van der Waals surface area contributed by atoms with Gasteiger partial charge in [-0.3, -0.25) is 0 Å². The highest BCUT2D eigenvalue weighted by Crippen LogP contribution is 2.14. The van der Waals surface area contributed by atoms with E-state index in [1.807, 2.05) is 24.7 Å². The largest absolute Gasteiger partial charge is 0.497 e. The lowest BCUT2D eigenvalue weighted by Gasteiger charge is -2.03. The predicted octanol–water partition coefficient (Wildman–Crippen LogP) is 3.00. The molecule has 2 rings (SSSR count). The highest BCUT2D eigenvalue weighted by molar-refractivity contribution is 5.53. The fourth-order valence-electron chi connectivity index (χ4n) is 1.70. The number of hydrogen-bond donors (Lipinski definition) is 0. The van der Waals surface area contributed by atoms with E-state index in [9.17, 15) is 0 Å². The van der Waals surface area contributed by atoms with Crippen molar-refractivity contribution in [2.45, 2.75) is 13.5 Å². The van der Waals surface area contributed by atoms with Crippen molar-refractivity contribution in [3.63, 3.8) is 0 Å². The van der Waals surface area contributed by atoms with E-state index >= 15 is 0 Å². The standard InChI is InChI=1S/C14H16N2O/c1-12(10-16-8-7-15-11-16)9-13-3-5-14(17-2)6-4-13/h3-9,11H,10H2,1-2H3. The molecule has 0 amide bonds. The Bertz CT molecular complexity index is 483. The molecule has 0 saturated heterocycles. The van der Waals surface area contributed by atoms with Gasteiger partial charge in [-0.2, -0.15) is 0 Å². The van der Waals surface area contributed by atoms with Gasteiger partial charge in [0.15, 0.2) is 0 Å². The lowest BCUT2D eigenvalue weighted by atomic mass is 10.1. The zero-order valence-corrected chi connectivity index (χ0v) is 10.1. The summed E-state index contributed by atoms with van der Waals surface area (Å²) < 4.78 is 7.18. The fraction of sp³-hybridized carbons (Fsp3) is 0.214. The normalized spacial score (nSPS) is 11.5.